The van der Waals surface area contributed by atoms with E-state index in [4.69, 9.17) is 4.11 Å². The summed E-state index contributed by atoms with van der Waals surface area (Å²) < 4.78 is 23.0. The largest absolute Gasteiger partial charge is 0.373 e. The Morgan fingerprint density at radius 1 is 1.10 bits per heavy atom. The quantitative estimate of drug-likeness (QED) is 0.780. The van der Waals surface area contributed by atoms with Crippen LogP contribution in [0.25, 0.3) is 22.5 Å². The van der Waals surface area contributed by atoms with Gasteiger partial charge in [0, 0.05) is 39.7 Å². The second kappa shape index (κ2) is 6.01. The lowest BCUT2D eigenvalue weighted by Crippen LogP contribution is -1.96. The fraction of sp³-hybridized carbons (Fsp3) is 0.0625. The summed E-state index contributed by atoms with van der Waals surface area (Å²) >= 11 is 3.39. The lowest BCUT2D eigenvalue weighted by atomic mass is 10.1. The first kappa shape index (κ1) is 10.5. The molecule has 1 N–H and O–H groups in total. The van der Waals surface area contributed by atoms with E-state index in [9.17, 15) is 0 Å². The maximum atomic E-state index is 7.40. The molecule has 0 saturated heterocycles. The normalized spacial score (nSPS) is 13.1. The highest BCUT2D eigenvalue weighted by Gasteiger charge is 2.07. The number of nitrogens with one attached hydrogen (secondary N) is 1. The molecule has 3 rings (SSSR count). The third kappa shape index (κ3) is 3.08. The topological polar surface area (TPSA) is 50.7 Å². The average Bonchev–Trinajstić information content (AvgIpc) is 2.54. The number of hydrogen-bond donors (Lipinski definition) is 1. The SMILES string of the molecule is [2H]C([2H])([2H])Nc1cc(-c2cncc(Br)c2)cc(-c2ccccn2)n1. The van der Waals surface area contributed by atoms with Crippen LogP contribution >= 0.6 is 15.9 Å². The fourth-order valence-electron chi connectivity index (χ4n) is 1.98. The van der Waals surface area contributed by atoms with E-state index >= 15 is 0 Å². The van der Waals surface area contributed by atoms with Crippen molar-refractivity contribution in [3.05, 3.63) is 59.5 Å². The molecule has 0 unspecified atom stereocenters. The predicted octanol–water partition coefficient (Wildman–Crippen LogP) is 4.01. The van der Waals surface area contributed by atoms with Crippen LogP contribution in [0.15, 0.2) is 59.5 Å². The van der Waals surface area contributed by atoms with Crippen molar-refractivity contribution in [1.82, 2.24) is 15.0 Å². The molecule has 0 saturated carbocycles. The smallest absolute Gasteiger partial charge is 0.127 e. The van der Waals surface area contributed by atoms with Gasteiger partial charge in [-0.1, -0.05) is 6.07 Å². The number of rotatable bonds is 3. The molecule has 3 aromatic rings. The van der Waals surface area contributed by atoms with Gasteiger partial charge in [-0.25, -0.2) is 4.98 Å². The fourth-order valence-corrected chi connectivity index (χ4v) is 2.34. The van der Waals surface area contributed by atoms with E-state index in [-0.39, 0.29) is 5.82 Å². The van der Waals surface area contributed by atoms with Gasteiger partial charge in [-0.15, -0.1) is 0 Å². The second-order valence-corrected chi connectivity index (χ2v) is 5.27. The molecule has 21 heavy (non-hydrogen) atoms. The molecule has 0 aliphatic rings. The Kier molecular flexibility index (Phi) is 2.99. The van der Waals surface area contributed by atoms with E-state index in [1.165, 1.54) is 0 Å². The summed E-state index contributed by atoms with van der Waals surface area (Å²) in [6.07, 6.45) is 5.06. The van der Waals surface area contributed by atoms with Crippen LogP contribution < -0.4 is 5.32 Å². The average molecular weight is 344 g/mol. The number of anilines is 1. The number of aromatic nitrogens is 3. The van der Waals surface area contributed by atoms with Gasteiger partial charge in [0.2, 0.25) is 0 Å². The van der Waals surface area contributed by atoms with Crippen molar-refractivity contribution in [1.29, 1.82) is 0 Å². The van der Waals surface area contributed by atoms with Gasteiger partial charge in [-0.3, -0.25) is 9.97 Å². The lowest BCUT2D eigenvalue weighted by Gasteiger charge is -2.09. The summed E-state index contributed by atoms with van der Waals surface area (Å²) in [4.78, 5) is 12.8. The summed E-state index contributed by atoms with van der Waals surface area (Å²) in [6, 6.07) is 10.9. The molecule has 0 aliphatic heterocycles. The van der Waals surface area contributed by atoms with Gasteiger partial charge in [0.1, 0.15) is 5.82 Å². The van der Waals surface area contributed by atoms with Crippen molar-refractivity contribution in [3.63, 3.8) is 0 Å². The minimum atomic E-state index is -2.33. The molecule has 3 heterocycles. The van der Waals surface area contributed by atoms with Crippen LogP contribution in [0.5, 0.6) is 0 Å². The first-order chi connectivity index (χ1) is 11.4. The van der Waals surface area contributed by atoms with Crippen LogP contribution in [0.1, 0.15) is 4.11 Å². The third-order valence-corrected chi connectivity index (χ3v) is 3.35. The first-order valence-electron chi connectivity index (χ1n) is 7.73. The Balaban J connectivity index is 2.13. The molecule has 4 nitrogen and oxygen atoms in total. The summed E-state index contributed by atoms with van der Waals surface area (Å²) in [5.41, 5.74) is 2.89. The first-order valence-corrected chi connectivity index (χ1v) is 7.03. The van der Waals surface area contributed by atoms with Gasteiger partial charge in [0.05, 0.1) is 11.4 Å². The molecule has 0 radical (unpaired) electrons. The molecule has 3 aromatic heterocycles. The highest BCUT2D eigenvalue weighted by molar-refractivity contribution is 9.10. The summed E-state index contributed by atoms with van der Waals surface area (Å²) in [5.74, 6) is 0.258. The Hall–Kier alpha value is -2.27. The molecule has 5 heteroatoms. The number of hydrogen-bond acceptors (Lipinski definition) is 4. The van der Waals surface area contributed by atoms with Crippen molar-refractivity contribution in [3.8, 4) is 22.5 Å². The van der Waals surface area contributed by atoms with Gasteiger partial charge in [0.25, 0.3) is 0 Å². The van der Waals surface area contributed by atoms with E-state index in [0.29, 0.717) is 11.4 Å². The van der Waals surface area contributed by atoms with Crippen molar-refractivity contribution >= 4 is 21.7 Å². The third-order valence-electron chi connectivity index (χ3n) is 2.92. The standard InChI is InChI=1S/C16H13BrN4/c1-18-16-8-11(12-6-13(17)10-19-9-12)7-15(21-16)14-4-2-3-5-20-14/h2-10H,1H3,(H,18,21)/i1D3. The van der Waals surface area contributed by atoms with Crippen molar-refractivity contribution < 1.29 is 4.11 Å². The molecule has 0 amide bonds. The molecule has 0 aliphatic carbocycles. The maximum Gasteiger partial charge on any atom is 0.127 e. The molecule has 104 valence electrons. The summed E-state index contributed by atoms with van der Waals surface area (Å²) in [5, 5.41) is 2.45. The number of halogens is 1. The van der Waals surface area contributed by atoms with Crippen LogP contribution in [0, 0.1) is 0 Å². The molecule has 0 atom stereocenters. The van der Waals surface area contributed by atoms with E-state index in [2.05, 4.69) is 36.2 Å². The Morgan fingerprint density at radius 3 is 2.81 bits per heavy atom. The van der Waals surface area contributed by atoms with Crippen molar-refractivity contribution in [2.45, 2.75) is 0 Å². The van der Waals surface area contributed by atoms with Gasteiger partial charge in [-0.2, -0.15) is 0 Å². The Labute approximate surface area is 135 Å². The Bertz CT molecular complexity index is 853. The molecule has 0 spiro atoms. The molecule has 0 fully saturated rings. The predicted molar refractivity (Wildman–Crippen MR) is 87.9 cm³/mol. The molecule has 0 aromatic carbocycles. The van der Waals surface area contributed by atoms with E-state index in [1.54, 1.807) is 24.7 Å². The zero-order valence-electron chi connectivity index (χ0n) is 13.9. The maximum absolute atomic E-state index is 7.40. The molecular weight excluding hydrogens is 328 g/mol. The van der Waals surface area contributed by atoms with E-state index < -0.39 is 6.98 Å². The van der Waals surface area contributed by atoms with Crippen LogP contribution in [0.3, 0.4) is 0 Å². The van der Waals surface area contributed by atoms with E-state index in [1.807, 2.05) is 30.3 Å². The van der Waals surface area contributed by atoms with Gasteiger partial charge >= 0.3 is 0 Å². The second-order valence-electron chi connectivity index (χ2n) is 4.36. The van der Waals surface area contributed by atoms with Gasteiger partial charge in [-0.05, 0) is 51.8 Å². The number of pyridine rings is 3. The van der Waals surface area contributed by atoms with Crippen molar-refractivity contribution in [2.75, 3.05) is 12.3 Å². The molecule has 0 bridgehead atoms. The summed E-state index contributed by atoms with van der Waals surface area (Å²) in [7, 11) is 0. The molecular formula is C16H13BrN4. The van der Waals surface area contributed by atoms with Gasteiger partial charge in [0.15, 0.2) is 0 Å². The number of nitrogens with zero attached hydrogens (tertiary/aromatic N) is 3. The van der Waals surface area contributed by atoms with Gasteiger partial charge < -0.3 is 5.32 Å². The lowest BCUT2D eigenvalue weighted by molar-refractivity contribution is 1.23. The minimum absolute atomic E-state index is 0.258. The zero-order valence-corrected chi connectivity index (χ0v) is 12.5. The van der Waals surface area contributed by atoms with Crippen LogP contribution in [0.4, 0.5) is 5.82 Å². The highest BCUT2D eigenvalue weighted by Crippen LogP contribution is 2.27. The van der Waals surface area contributed by atoms with Crippen LogP contribution in [-0.2, 0) is 0 Å². The Morgan fingerprint density at radius 2 is 2.05 bits per heavy atom. The van der Waals surface area contributed by atoms with E-state index in [0.717, 1.165) is 15.6 Å². The monoisotopic (exact) mass is 343 g/mol. The summed E-state index contributed by atoms with van der Waals surface area (Å²) in [6.45, 7) is -2.33. The minimum Gasteiger partial charge on any atom is -0.373 e. The van der Waals surface area contributed by atoms with Crippen molar-refractivity contribution in [2.24, 2.45) is 0 Å². The van der Waals surface area contributed by atoms with Crippen LogP contribution in [-0.4, -0.2) is 21.9 Å². The highest BCUT2D eigenvalue weighted by atomic mass is 79.9. The van der Waals surface area contributed by atoms with Crippen LogP contribution in [0.2, 0.25) is 0 Å². The zero-order chi connectivity index (χ0) is 17.2.